The summed E-state index contributed by atoms with van der Waals surface area (Å²) in [6.45, 7) is 6.23. The molecule has 1 fully saturated rings. The number of likely N-dealkylation sites (N-methyl/N-ethyl adjacent to an activating group) is 1. The Kier molecular flexibility index (Phi) is 4.09. The van der Waals surface area contributed by atoms with E-state index in [9.17, 15) is 4.79 Å². The van der Waals surface area contributed by atoms with Crippen molar-refractivity contribution in [3.05, 3.63) is 17.0 Å². The molecule has 19 heavy (non-hydrogen) atoms. The third-order valence-corrected chi connectivity index (χ3v) is 4.12. The van der Waals surface area contributed by atoms with Gasteiger partial charge in [0.25, 0.3) is 5.91 Å². The van der Waals surface area contributed by atoms with Crippen LogP contribution in [0.1, 0.15) is 35.9 Å². The third kappa shape index (κ3) is 3.26. The average molecular weight is 280 g/mol. The minimum atomic E-state index is -0.0975. The number of hydrogen-bond donors (Lipinski definition) is 2. The Bertz CT molecular complexity index is 493. The molecule has 104 valence electrons. The van der Waals surface area contributed by atoms with E-state index in [2.05, 4.69) is 16.9 Å². The number of nitrogens with one attached hydrogen (secondary N) is 1. The van der Waals surface area contributed by atoms with E-state index in [-0.39, 0.29) is 5.91 Å². The third-order valence-electron chi connectivity index (χ3n) is 3.13. The van der Waals surface area contributed by atoms with Crippen molar-refractivity contribution in [3.8, 4) is 0 Å². The zero-order chi connectivity index (χ0) is 14.0. The van der Waals surface area contributed by atoms with E-state index in [1.165, 1.54) is 30.6 Å². The Morgan fingerprint density at radius 3 is 2.84 bits per heavy atom. The Morgan fingerprint density at radius 2 is 2.32 bits per heavy atom. The van der Waals surface area contributed by atoms with E-state index in [1.54, 1.807) is 11.9 Å². The standard InChI is InChI=1S/C13H20N4OS/c1-8(2)7-17(3)12(18)10-11(14)16-13(19-10)15-9-5-4-6-9/h9H,1,4-7,14H2,2-3H3,(H,15,16). The van der Waals surface area contributed by atoms with Gasteiger partial charge in [-0.25, -0.2) is 4.98 Å². The number of nitrogens with zero attached hydrogens (tertiary/aromatic N) is 2. The molecule has 0 aromatic carbocycles. The summed E-state index contributed by atoms with van der Waals surface area (Å²) in [5.41, 5.74) is 6.77. The van der Waals surface area contributed by atoms with Gasteiger partial charge < -0.3 is 16.0 Å². The topological polar surface area (TPSA) is 71.2 Å². The van der Waals surface area contributed by atoms with Gasteiger partial charge in [-0.05, 0) is 26.2 Å². The van der Waals surface area contributed by atoms with E-state index in [4.69, 9.17) is 5.73 Å². The Labute approximate surface area is 117 Å². The number of anilines is 2. The molecule has 0 spiro atoms. The second kappa shape index (κ2) is 5.61. The van der Waals surface area contributed by atoms with Crippen LogP contribution in [0.25, 0.3) is 0 Å². The number of thiazole rings is 1. The maximum atomic E-state index is 12.2. The molecule has 5 nitrogen and oxygen atoms in total. The second-order valence-corrected chi connectivity index (χ2v) is 6.12. The van der Waals surface area contributed by atoms with Crippen LogP contribution in [0.4, 0.5) is 10.9 Å². The van der Waals surface area contributed by atoms with Gasteiger partial charge in [0.2, 0.25) is 0 Å². The molecule has 0 atom stereocenters. The summed E-state index contributed by atoms with van der Waals surface area (Å²) in [5.74, 6) is 0.213. The van der Waals surface area contributed by atoms with Crippen LogP contribution in [-0.2, 0) is 0 Å². The van der Waals surface area contributed by atoms with Crippen LogP contribution >= 0.6 is 11.3 Å². The number of carbonyl (C=O) groups is 1. The van der Waals surface area contributed by atoms with E-state index >= 15 is 0 Å². The predicted octanol–water partition coefficient (Wildman–Crippen LogP) is 2.34. The highest BCUT2D eigenvalue weighted by Gasteiger charge is 2.23. The first-order valence-electron chi connectivity index (χ1n) is 6.40. The summed E-state index contributed by atoms with van der Waals surface area (Å²) < 4.78 is 0. The van der Waals surface area contributed by atoms with Gasteiger partial charge in [-0.1, -0.05) is 23.5 Å². The van der Waals surface area contributed by atoms with E-state index in [1.807, 2.05) is 6.92 Å². The normalized spacial score (nSPS) is 14.8. The van der Waals surface area contributed by atoms with Crippen molar-refractivity contribution in [1.29, 1.82) is 0 Å². The van der Waals surface area contributed by atoms with Crippen LogP contribution in [-0.4, -0.2) is 35.4 Å². The predicted molar refractivity (Wildman–Crippen MR) is 79.6 cm³/mol. The van der Waals surface area contributed by atoms with E-state index < -0.39 is 0 Å². The van der Waals surface area contributed by atoms with Crippen molar-refractivity contribution in [3.63, 3.8) is 0 Å². The van der Waals surface area contributed by atoms with Crippen molar-refractivity contribution in [2.75, 3.05) is 24.6 Å². The maximum Gasteiger partial charge on any atom is 0.267 e. The van der Waals surface area contributed by atoms with Gasteiger partial charge in [0.15, 0.2) is 5.13 Å². The largest absolute Gasteiger partial charge is 0.382 e. The van der Waals surface area contributed by atoms with Gasteiger partial charge in [0, 0.05) is 19.6 Å². The van der Waals surface area contributed by atoms with Crippen LogP contribution in [0.15, 0.2) is 12.2 Å². The zero-order valence-corrected chi connectivity index (χ0v) is 12.2. The van der Waals surface area contributed by atoms with Crippen LogP contribution < -0.4 is 11.1 Å². The average Bonchev–Trinajstić information content (AvgIpc) is 2.63. The molecule has 6 heteroatoms. The van der Waals surface area contributed by atoms with Crippen molar-refractivity contribution < 1.29 is 4.79 Å². The monoisotopic (exact) mass is 280 g/mol. The first-order chi connectivity index (χ1) is 8.97. The van der Waals surface area contributed by atoms with E-state index in [0.717, 1.165) is 10.7 Å². The summed E-state index contributed by atoms with van der Waals surface area (Å²) >= 11 is 1.33. The van der Waals surface area contributed by atoms with Gasteiger partial charge in [-0.2, -0.15) is 0 Å². The molecule has 1 aliphatic carbocycles. The molecule has 0 aliphatic heterocycles. The van der Waals surface area contributed by atoms with E-state index in [0.29, 0.717) is 23.3 Å². The van der Waals surface area contributed by atoms with Gasteiger partial charge in [-0.3, -0.25) is 4.79 Å². The van der Waals surface area contributed by atoms with Crippen LogP contribution in [0.2, 0.25) is 0 Å². The number of carbonyl (C=O) groups excluding carboxylic acids is 1. The molecule has 0 radical (unpaired) electrons. The summed E-state index contributed by atoms with van der Waals surface area (Å²) in [6.07, 6.45) is 3.59. The molecule has 1 heterocycles. The molecule has 1 amide bonds. The molecule has 2 rings (SSSR count). The Balaban J connectivity index is 2.06. The molecule has 0 bridgehead atoms. The smallest absolute Gasteiger partial charge is 0.267 e. The summed E-state index contributed by atoms with van der Waals surface area (Å²) in [5, 5.41) is 4.06. The number of nitrogens with two attached hydrogens (primary N) is 1. The molecule has 3 N–H and O–H groups in total. The first-order valence-corrected chi connectivity index (χ1v) is 7.21. The SMILES string of the molecule is C=C(C)CN(C)C(=O)c1sc(NC2CCC2)nc1N. The summed E-state index contributed by atoms with van der Waals surface area (Å²) in [7, 11) is 1.75. The summed E-state index contributed by atoms with van der Waals surface area (Å²) in [6, 6.07) is 0.488. The quantitative estimate of drug-likeness (QED) is 0.812. The number of nitrogen functional groups attached to an aromatic ring is 1. The fraction of sp³-hybridized carbons (Fsp3) is 0.538. The zero-order valence-electron chi connectivity index (χ0n) is 11.4. The van der Waals surface area contributed by atoms with Gasteiger partial charge in [0.05, 0.1) is 0 Å². The van der Waals surface area contributed by atoms with Crippen molar-refractivity contribution in [1.82, 2.24) is 9.88 Å². The fourth-order valence-electron chi connectivity index (χ4n) is 1.92. The summed E-state index contributed by atoms with van der Waals surface area (Å²) in [4.78, 5) is 18.6. The van der Waals surface area contributed by atoms with Crippen LogP contribution in [0.3, 0.4) is 0 Å². The fourth-order valence-corrected chi connectivity index (χ4v) is 2.88. The molecule has 0 unspecified atom stereocenters. The number of rotatable bonds is 5. The maximum absolute atomic E-state index is 12.2. The molecule has 1 aromatic heterocycles. The highest BCUT2D eigenvalue weighted by atomic mass is 32.1. The number of amides is 1. The Morgan fingerprint density at radius 1 is 1.63 bits per heavy atom. The van der Waals surface area contributed by atoms with Crippen molar-refractivity contribution in [2.24, 2.45) is 0 Å². The second-order valence-electron chi connectivity index (χ2n) is 5.12. The lowest BCUT2D eigenvalue weighted by Crippen LogP contribution is -2.28. The van der Waals surface area contributed by atoms with Crippen molar-refractivity contribution >= 4 is 28.2 Å². The molecule has 0 saturated heterocycles. The first kappa shape index (κ1) is 13.9. The Hall–Kier alpha value is -1.56. The minimum Gasteiger partial charge on any atom is -0.382 e. The molecular formula is C13H20N4OS. The molecular weight excluding hydrogens is 260 g/mol. The number of hydrogen-bond acceptors (Lipinski definition) is 5. The van der Waals surface area contributed by atoms with Crippen LogP contribution in [0.5, 0.6) is 0 Å². The number of aromatic nitrogens is 1. The molecule has 1 aromatic rings. The highest BCUT2D eigenvalue weighted by Crippen LogP contribution is 2.30. The molecule has 1 saturated carbocycles. The van der Waals surface area contributed by atoms with Crippen molar-refractivity contribution in [2.45, 2.75) is 32.2 Å². The lowest BCUT2D eigenvalue weighted by molar-refractivity contribution is 0.0812. The van der Waals surface area contributed by atoms with Gasteiger partial charge in [-0.15, -0.1) is 0 Å². The van der Waals surface area contributed by atoms with Gasteiger partial charge in [0.1, 0.15) is 10.7 Å². The highest BCUT2D eigenvalue weighted by molar-refractivity contribution is 7.18. The molecule has 1 aliphatic rings. The minimum absolute atomic E-state index is 0.0975. The van der Waals surface area contributed by atoms with Gasteiger partial charge >= 0.3 is 0 Å². The lowest BCUT2D eigenvalue weighted by Gasteiger charge is -2.25. The van der Waals surface area contributed by atoms with Crippen LogP contribution in [0, 0.1) is 0 Å². The lowest BCUT2D eigenvalue weighted by atomic mass is 9.93.